The zero-order valence-electron chi connectivity index (χ0n) is 12.2. The van der Waals surface area contributed by atoms with Crippen molar-refractivity contribution in [3.63, 3.8) is 0 Å². The minimum absolute atomic E-state index is 0.167. The van der Waals surface area contributed by atoms with Gasteiger partial charge in [0.1, 0.15) is 0 Å². The minimum atomic E-state index is 0.167. The van der Waals surface area contributed by atoms with Crippen LogP contribution < -0.4 is 0 Å². The molecule has 2 unspecified atom stereocenters. The summed E-state index contributed by atoms with van der Waals surface area (Å²) in [5.74, 6) is 2.11. The highest BCUT2D eigenvalue weighted by atomic mass is 35.5. The largest absolute Gasteiger partial charge is 0.294 e. The van der Waals surface area contributed by atoms with Crippen molar-refractivity contribution in [2.75, 3.05) is 0 Å². The van der Waals surface area contributed by atoms with E-state index in [2.05, 4.69) is 13.8 Å². The van der Waals surface area contributed by atoms with Crippen molar-refractivity contribution in [1.29, 1.82) is 0 Å². The standard InChI is InChI=1S/C17H22Cl2O/c1-11-3-4-12(2)6-13(5-11)7-17(20)14-8-15(18)10-16(19)9-14/h8-13H,3-7H2,1-2H3. The van der Waals surface area contributed by atoms with E-state index in [4.69, 9.17) is 23.2 Å². The normalized spacial score (nSPS) is 27.1. The molecular weight excluding hydrogens is 291 g/mol. The van der Waals surface area contributed by atoms with E-state index >= 15 is 0 Å². The molecule has 1 aromatic rings. The minimum Gasteiger partial charge on any atom is -0.294 e. The fourth-order valence-electron chi connectivity index (χ4n) is 3.30. The van der Waals surface area contributed by atoms with Crippen LogP contribution in [0, 0.1) is 17.8 Å². The Morgan fingerprint density at radius 2 is 1.55 bits per heavy atom. The highest BCUT2D eigenvalue weighted by molar-refractivity contribution is 6.35. The lowest BCUT2D eigenvalue weighted by Crippen LogP contribution is -2.12. The zero-order chi connectivity index (χ0) is 14.7. The maximum atomic E-state index is 12.4. The van der Waals surface area contributed by atoms with Gasteiger partial charge in [-0.2, -0.15) is 0 Å². The van der Waals surface area contributed by atoms with Crippen LogP contribution in [0.5, 0.6) is 0 Å². The smallest absolute Gasteiger partial charge is 0.163 e. The van der Waals surface area contributed by atoms with Gasteiger partial charge in [-0.05, 0) is 48.8 Å². The van der Waals surface area contributed by atoms with Gasteiger partial charge < -0.3 is 0 Å². The van der Waals surface area contributed by atoms with Gasteiger partial charge in [-0.1, -0.05) is 49.9 Å². The van der Waals surface area contributed by atoms with Crippen LogP contribution in [-0.4, -0.2) is 5.78 Å². The first-order chi connectivity index (χ1) is 9.44. The molecule has 0 aromatic heterocycles. The van der Waals surface area contributed by atoms with Crippen molar-refractivity contribution in [1.82, 2.24) is 0 Å². The van der Waals surface area contributed by atoms with E-state index in [1.54, 1.807) is 18.2 Å². The third kappa shape index (κ3) is 4.49. The van der Waals surface area contributed by atoms with Crippen LogP contribution in [0.2, 0.25) is 10.0 Å². The fourth-order valence-corrected chi connectivity index (χ4v) is 3.83. The van der Waals surface area contributed by atoms with Gasteiger partial charge in [-0.3, -0.25) is 4.79 Å². The molecule has 20 heavy (non-hydrogen) atoms. The molecule has 1 aliphatic rings. The number of halogens is 2. The SMILES string of the molecule is CC1CCC(C)CC(CC(=O)c2cc(Cl)cc(Cl)c2)C1. The molecule has 1 aliphatic carbocycles. The van der Waals surface area contributed by atoms with E-state index in [-0.39, 0.29) is 5.78 Å². The van der Waals surface area contributed by atoms with Crippen LogP contribution in [-0.2, 0) is 0 Å². The summed E-state index contributed by atoms with van der Waals surface area (Å²) in [5.41, 5.74) is 0.645. The summed E-state index contributed by atoms with van der Waals surface area (Å²) >= 11 is 11.9. The second kappa shape index (κ2) is 6.95. The van der Waals surface area contributed by atoms with Gasteiger partial charge in [0.15, 0.2) is 5.78 Å². The first kappa shape index (κ1) is 15.9. The summed E-state index contributed by atoms with van der Waals surface area (Å²) in [6.45, 7) is 4.59. The Labute approximate surface area is 131 Å². The number of carbonyl (C=O) groups excluding carboxylic acids is 1. The molecule has 0 bridgehead atoms. The second-order valence-corrected chi connectivity index (χ2v) is 7.28. The molecule has 110 valence electrons. The molecule has 2 rings (SSSR count). The molecule has 1 nitrogen and oxygen atoms in total. The Morgan fingerprint density at radius 3 is 2.05 bits per heavy atom. The van der Waals surface area contributed by atoms with Gasteiger partial charge in [-0.15, -0.1) is 0 Å². The van der Waals surface area contributed by atoms with Crippen molar-refractivity contribution in [3.05, 3.63) is 33.8 Å². The third-order valence-corrected chi connectivity index (χ3v) is 4.72. The first-order valence-electron chi connectivity index (χ1n) is 7.43. The molecule has 2 atom stereocenters. The van der Waals surface area contributed by atoms with E-state index in [0.717, 1.165) is 24.7 Å². The number of benzene rings is 1. The van der Waals surface area contributed by atoms with E-state index in [1.807, 2.05) is 0 Å². The fraction of sp³-hybridized carbons (Fsp3) is 0.588. The number of hydrogen-bond donors (Lipinski definition) is 0. The lowest BCUT2D eigenvalue weighted by atomic mass is 9.87. The molecule has 3 heteroatoms. The summed E-state index contributed by atoms with van der Waals surface area (Å²) in [4.78, 5) is 12.4. The van der Waals surface area contributed by atoms with Gasteiger partial charge in [0, 0.05) is 22.0 Å². The number of carbonyl (C=O) groups is 1. The third-order valence-electron chi connectivity index (χ3n) is 4.28. The van der Waals surface area contributed by atoms with E-state index in [1.165, 1.54) is 12.8 Å². The van der Waals surface area contributed by atoms with Crippen LogP contribution in [0.3, 0.4) is 0 Å². The van der Waals surface area contributed by atoms with Crippen LogP contribution in [0.25, 0.3) is 0 Å². The molecule has 1 saturated carbocycles. The van der Waals surface area contributed by atoms with Gasteiger partial charge in [-0.25, -0.2) is 0 Å². The van der Waals surface area contributed by atoms with Gasteiger partial charge in [0.25, 0.3) is 0 Å². The molecule has 0 heterocycles. The lowest BCUT2D eigenvalue weighted by molar-refractivity contribution is 0.0951. The average Bonchev–Trinajstić information content (AvgIpc) is 2.49. The predicted octanol–water partition coefficient (Wildman–Crippen LogP) is 6.03. The van der Waals surface area contributed by atoms with Gasteiger partial charge >= 0.3 is 0 Å². The lowest BCUT2D eigenvalue weighted by Gasteiger charge is -2.18. The maximum absolute atomic E-state index is 12.4. The number of rotatable bonds is 3. The molecule has 0 amide bonds. The van der Waals surface area contributed by atoms with Crippen molar-refractivity contribution < 1.29 is 4.79 Å². The topological polar surface area (TPSA) is 17.1 Å². The van der Waals surface area contributed by atoms with Crippen LogP contribution in [0.1, 0.15) is 56.3 Å². The molecule has 1 aromatic carbocycles. The summed E-state index contributed by atoms with van der Waals surface area (Å²) < 4.78 is 0. The van der Waals surface area contributed by atoms with Crippen LogP contribution in [0.4, 0.5) is 0 Å². The van der Waals surface area contributed by atoms with Crippen molar-refractivity contribution >= 4 is 29.0 Å². The summed E-state index contributed by atoms with van der Waals surface area (Å²) in [6.07, 6.45) is 5.50. The Hall–Kier alpha value is -0.530. The van der Waals surface area contributed by atoms with Crippen molar-refractivity contribution in [3.8, 4) is 0 Å². The number of ketones is 1. The molecule has 0 saturated heterocycles. The quantitative estimate of drug-likeness (QED) is 0.492. The molecular formula is C17H22Cl2O. The van der Waals surface area contributed by atoms with E-state index in [9.17, 15) is 4.79 Å². The summed E-state index contributed by atoms with van der Waals surface area (Å²) in [7, 11) is 0. The first-order valence-corrected chi connectivity index (χ1v) is 8.19. The van der Waals surface area contributed by atoms with Crippen LogP contribution >= 0.6 is 23.2 Å². The average molecular weight is 313 g/mol. The van der Waals surface area contributed by atoms with Crippen molar-refractivity contribution in [2.45, 2.75) is 46.0 Å². The monoisotopic (exact) mass is 312 g/mol. The van der Waals surface area contributed by atoms with Crippen molar-refractivity contribution in [2.24, 2.45) is 17.8 Å². The van der Waals surface area contributed by atoms with Gasteiger partial charge in [0.2, 0.25) is 0 Å². The number of Topliss-reactive ketones (excluding diaryl/α,β-unsaturated/α-hetero) is 1. The predicted molar refractivity (Wildman–Crippen MR) is 85.7 cm³/mol. The van der Waals surface area contributed by atoms with E-state index < -0.39 is 0 Å². The number of hydrogen-bond acceptors (Lipinski definition) is 1. The second-order valence-electron chi connectivity index (χ2n) is 6.41. The molecule has 0 spiro atoms. The molecule has 1 fully saturated rings. The van der Waals surface area contributed by atoms with Crippen LogP contribution in [0.15, 0.2) is 18.2 Å². The van der Waals surface area contributed by atoms with E-state index in [0.29, 0.717) is 27.9 Å². The molecule has 0 radical (unpaired) electrons. The Bertz CT molecular complexity index is 452. The Kier molecular flexibility index (Phi) is 5.51. The molecule has 0 N–H and O–H groups in total. The Morgan fingerprint density at radius 1 is 1.05 bits per heavy atom. The highest BCUT2D eigenvalue weighted by Gasteiger charge is 2.24. The maximum Gasteiger partial charge on any atom is 0.163 e. The zero-order valence-corrected chi connectivity index (χ0v) is 13.7. The molecule has 0 aliphatic heterocycles. The highest BCUT2D eigenvalue weighted by Crippen LogP contribution is 2.33. The Balaban J connectivity index is 2.06. The summed E-state index contributed by atoms with van der Waals surface area (Å²) in [6, 6.07) is 5.11. The summed E-state index contributed by atoms with van der Waals surface area (Å²) in [5, 5.41) is 1.06. The van der Waals surface area contributed by atoms with Gasteiger partial charge in [0.05, 0.1) is 0 Å².